The van der Waals surface area contributed by atoms with Gasteiger partial charge in [0.05, 0.1) is 13.7 Å². The number of amides is 1. The molecule has 3 aromatic rings. The van der Waals surface area contributed by atoms with Crippen LogP contribution in [0.1, 0.15) is 24.2 Å². The number of carbonyl (C=O) groups is 2. The van der Waals surface area contributed by atoms with E-state index in [1.54, 1.807) is 13.3 Å². The fraction of sp³-hybridized carbons (Fsp3) is 0.370. The number of aliphatic carboxylic acids is 1. The summed E-state index contributed by atoms with van der Waals surface area (Å²) in [5.41, 5.74) is 1.47. The smallest absolute Gasteiger partial charge is 0.490 e. The number of fused-ring (bicyclic) bond motifs is 2. The first-order valence-electron chi connectivity index (χ1n) is 12.3. The number of piperidine rings is 1. The molecule has 2 aromatic carbocycles. The zero-order valence-electron chi connectivity index (χ0n) is 21.2. The van der Waals surface area contributed by atoms with Crippen LogP contribution in [0.4, 0.5) is 18.9 Å². The number of benzene rings is 2. The molecular formula is C27H29F3N4O5. The summed E-state index contributed by atoms with van der Waals surface area (Å²) < 4.78 is 45.7. The number of para-hydroxylation sites is 1. The molecule has 0 bridgehead atoms. The van der Waals surface area contributed by atoms with Crippen LogP contribution in [0, 0.1) is 0 Å². The van der Waals surface area contributed by atoms with Gasteiger partial charge >= 0.3 is 12.1 Å². The summed E-state index contributed by atoms with van der Waals surface area (Å²) in [6.07, 6.45) is -0.292. The van der Waals surface area contributed by atoms with E-state index in [0.29, 0.717) is 6.54 Å². The third-order valence-corrected chi connectivity index (χ3v) is 6.63. The molecular weight excluding hydrogens is 517 g/mol. The predicted octanol–water partition coefficient (Wildman–Crippen LogP) is 4.05. The van der Waals surface area contributed by atoms with E-state index in [0.717, 1.165) is 49.7 Å². The molecule has 12 heteroatoms. The summed E-state index contributed by atoms with van der Waals surface area (Å²) in [5, 5.41) is 10.1. The number of rotatable bonds is 5. The molecule has 1 aromatic heterocycles. The Hall–Kier alpha value is -3.90. The summed E-state index contributed by atoms with van der Waals surface area (Å²) in [7, 11) is 1.69. The normalized spacial score (nSPS) is 18.4. The number of ether oxygens (including phenoxy) is 2. The highest BCUT2D eigenvalue weighted by molar-refractivity contribution is 5.94. The molecule has 1 spiro atoms. The Morgan fingerprint density at radius 3 is 2.49 bits per heavy atom. The third kappa shape index (κ3) is 6.95. The molecule has 9 nitrogen and oxygen atoms in total. The lowest BCUT2D eigenvalue weighted by atomic mass is 9.88. The van der Waals surface area contributed by atoms with Crippen molar-refractivity contribution < 1.29 is 37.3 Å². The van der Waals surface area contributed by atoms with Gasteiger partial charge in [-0.3, -0.25) is 9.69 Å². The number of hydrogen-bond acceptors (Lipinski definition) is 6. The Balaban J connectivity index is 0.000000448. The molecule has 0 radical (unpaired) electrons. The van der Waals surface area contributed by atoms with Crippen molar-refractivity contribution >= 4 is 17.6 Å². The lowest BCUT2D eigenvalue weighted by Gasteiger charge is -2.45. The first-order valence-corrected chi connectivity index (χ1v) is 12.3. The zero-order valence-corrected chi connectivity index (χ0v) is 21.2. The van der Waals surface area contributed by atoms with Crippen molar-refractivity contribution in [3.8, 4) is 5.75 Å². The van der Waals surface area contributed by atoms with Crippen molar-refractivity contribution in [1.82, 2.24) is 14.5 Å². The molecule has 1 unspecified atom stereocenters. The number of carbonyl (C=O) groups excluding carboxylic acids is 1. The van der Waals surface area contributed by atoms with E-state index in [-0.39, 0.29) is 5.91 Å². The summed E-state index contributed by atoms with van der Waals surface area (Å²) >= 11 is 0. The number of anilines is 1. The van der Waals surface area contributed by atoms with Gasteiger partial charge in [-0.15, -0.1) is 0 Å². The van der Waals surface area contributed by atoms with Gasteiger partial charge in [-0.2, -0.15) is 13.2 Å². The van der Waals surface area contributed by atoms with Crippen LogP contribution in [0.5, 0.6) is 5.75 Å². The molecule has 0 saturated carbocycles. The Morgan fingerprint density at radius 1 is 1.15 bits per heavy atom. The van der Waals surface area contributed by atoms with Crippen LogP contribution in [-0.4, -0.2) is 63.9 Å². The number of likely N-dealkylation sites (tertiary alicyclic amines) is 1. The van der Waals surface area contributed by atoms with Crippen molar-refractivity contribution in [2.75, 3.05) is 25.5 Å². The quantitative estimate of drug-likeness (QED) is 0.497. The Kier molecular flexibility index (Phi) is 8.56. The van der Waals surface area contributed by atoms with Crippen LogP contribution < -0.4 is 10.1 Å². The van der Waals surface area contributed by atoms with E-state index in [4.69, 9.17) is 19.4 Å². The van der Waals surface area contributed by atoms with Crippen LogP contribution in [0.2, 0.25) is 0 Å². The summed E-state index contributed by atoms with van der Waals surface area (Å²) in [6, 6.07) is 17.7. The van der Waals surface area contributed by atoms with Crippen molar-refractivity contribution in [3.05, 3.63) is 78.4 Å². The van der Waals surface area contributed by atoms with E-state index in [1.807, 2.05) is 48.7 Å². The average Bonchev–Trinajstić information content (AvgIpc) is 3.40. The highest BCUT2D eigenvalue weighted by Crippen LogP contribution is 2.40. The van der Waals surface area contributed by atoms with Crippen LogP contribution in [0.15, 0.2) is 67.0 Å². The SMILES string of the molecule is COc1cccc(CN2CCC3(CC2)OC(C(=O)Nc2ccccc2)Cn2ccnc23)c1.O=C(O)C(F)(F)F. The lowest BCUT2D eigenvalue weighted by Crippen LogP contribution is -2.53. The maximum absolute atomic E-state index is 13.0. The van der Waals surface area contributed by atoms with Crippen molar-refractivity contribution in [2.24, 2.45) is 0 Å². The predicted molar refractivity (Wildman–Crippen MR) is 135 cm³/mol. The second kappa shape index (κ2) is 11.9. The number of hydrogen-bond donors (Lipinski definition) is 2. The van der Waals surface area contributed by atoms with Gasteiger partial charge in [-0.05, 0) is 42.7 Å². The number of carboxylic acids is 1. The minimum atomic E-state index is -5.08. The number of methoxy groups -OCH3 is 1. The number of nitrogens with one attached hydrogen (secondary N) is 1. The van der Waals surface area contributed by atoms with Crippen molar-refractivity contribution in [1.29, 1.82) is 0 Å². The number of nitrogens with zero attached hydrogens (tertiary/aromatic N) is 3. The minimum absolute atomic E-state index is 0.117. The number of imidazole rings is 1. The molecule has 1 atom stereocenters. The summed E-state index contributed by atoms with van der Waals surface area (Å²) in [5.74, 6) is -1.07. The molecule has 1 fully saturated rings. The van der Waals surface area contributed by atoms with E-state index in [9.17, 15) is 18.0 Å². The minimum Gasteiger partial charge on any atom is -0.497 e. The molecule has 2 aliphatic heterocycles. The van der Waals surface area contributed by atoms with Crippen LogP contribution >= 0.6 is 0 Å². The molecule has 5 rings (SSSR count). The topological polar surface area (TPSA) is 106 Å². The Labute approximate surface area is 223 Å². The molecule has 2 aliphatic rings. The maximum atomic E-state index is 13.0. The number of alkyl halides is 3. The third-order valence-electron chi connectivity index (χ3n) is 6.63. The molecule has 1 saturated heterocycles. The zero-order chi connectivity index (χ0) is 28.0. The summed E-state index contributed by atoms with van der Waals surface area (Å²) in [6.45, 7) is 3.08. The van der Waals surface area contributed by atoms with E-state index >= 15 is 0 Å². The van der Waals surface area contributed by atoms with Crippen LogP contribution in [-0.2, 0) is 33.0 Å². The van der Waals surface area contributed by atoms with Gasteiger partial charge in [0.2, 0.25) is 0 Å². The van der Waals surface area contributed by atoms with Crippen molar-refractivity contribution in [2.45, 2.75) is 43.8 Å². The van der Waals surface area contributed by atoms with Crippen LogP contribution in [0.3, 0.4) is 0 Å². The molecule has 3 heterocycles. The van der Waals surface area contributed by atoms with E-state index < -0.39 is 23.9 Å². The molecule has 1 amide bonds. The second-order valence-electron chi connectivity index (χ2n) is 9.29. The Bertz CT molecular complexity index is 1270. The lowest BCUT2D eigenvalue weighted by molar-refractivity contribution is -0.192. The van der Waals surface area contributed by atoms with Gasteiger partial charge in [0.1, 0.15) is 17.2 Å². The molecule has 39 heavy (non-hydrogen) atoms. The highest BCUT2D eigenvalue weighted by Gasteiger charge is 2.47. The van der Waals surface area contributed by atoms with Gasteiger partial charge in [-0.1, -0.05) is 30.3 Å². The second-order valence-corrected chi connectivity index (χ2v) is 9.29. The summed E-state index contributed by atoms with van der Waals surface area (Å²) in [4.78, 5) is 28.9. The van der Waals surface area contributed by atoms with Gasteiger partial charge in [-0.25, -0.2) is 9.78 Å². The van der Waals surface area contributed by atoms with Crippen LogP contribution in [0.25, 0.3) is 0 Å². The first-order chi connectivity index (χ1) is 18.6. The Morgan fingerprint density at radius 2 is 1.85 bits per heavy atom. The van der Waals surface area contributed by atoms with Gasteiger partial charge < -0.3 is 24.5 Å². The average molecular weight is 547 g/mol. The first kappa shape index (κ1) is 28.1. The van der Waals surface area contributed by atoms with Gasteiger partial charge in [0.25, 0.3) is 5.91 Å². The number of carboxylic acid groups (broad SMARTS) is 1. The fourth-order valence-corrected chi connectivity index (χ4v) is 4.72. The largest absolute Gasteiger partial charge is 0.497 e. The van der Waals surface area contributed by atoms with E-state index in [2.05, 4.69) is 31.9 Å². The standard InChI is InChI=1S/C25H28N4O3.C2HF3O2/c1-31-21-9-5-6-19(16-21)17-28-13-10-25(11-14-28)24-26-12-15-29(24)18-22(32-25)23(30)27-20-7-3-2-4-8-20;3-2(4,5)1(6)7/h2-9,12,15-16,22H,10-11,13-14,17-18H2,1H3,(H,27,30);(H,6,7). The number of halogens is 3. The highest BCUT2D eigenvalue weighted by atomic mass is 19.4. The fourth-order valence-electron chi connectivity index (χ4n) is 4.72. The van der Waals surface area contributed by atoms with Gasteiger partial charge in [0, 0.05) is 37.7 Å². The maximum Gasteiger partial charge on any atom is 0.490 e. The molecule has 2 N–H and O–H groups in total. The van der Waals surface area contributed by atoms with Gasteiger partial charge in [0.15, 0.2) is 6.10 Å². The van der Waals surface area contributed by atoms with Crippen molar-refractivity contribution in [3.63, 3.8) is 0 Å². The number of aromatic nitrogens is 2. The van der Waals surface area contributed by atoms with E-state index in [1.165, 1.54) is 5.56 Å². The molecule has 208 valence electrons. The monoisotopic (exact) mass is 546 g/mol. The molecule has 0 aliphatic carbocycles.